The molecular formula is C10H16N2O. The zero-order valence-corrected chi connectivity index (χ0v) is 7.91. The molecule has 1 heterocycles. The van der Waals surface area contributed by atoms with Crippen LogP contribution in [0.1, 0.15) is 19.3 Å². The Morgan fingerprint density at radius 1 is 1.23 bits per heavy atom. The van der Waals surface area contributed by atoms with Gasteiger partial charge in [-0.25, -0.2) is 9.79 Å². The van der Waals surface area contributed by atoms with Gasteiger partial charge in [0.1, 0.15) is 0 Å². The van der Waals surface area contributed by atoms with E-state index in [0.29, 0.717) is 6.54 Å². The topological polar surface area (TPSA) is 32.7 Å². The highest BCUT2D eigenvalue weighted by Gasteiger charge is 2.06. The number of carbonyl (C=O) groups excluding carboxylic acids is 1. The number of hydrogen-bond acceptors (Lipinski definition) is 3. The van der Waals surface area contributed by atoms with Crippen LogP contribution >= 0.6 is 0 Å². The van der Waals surface area contributed by atoms with Crippen LogP contribution in [0.25, 0.3) is 0 Å². The quantitative estimate of drug-likeness (QED) is 0.372. The minimum absolute atomic E-state index is 0.470. The molecular weight excluding hydrogens is 164 g/mol. The molecule has 0 spiro atoms. The van der Waals surface area contributed by atoms with Gasteiger partial charge in [0.05, 0.1) is 6.54 Å². The molecule has 0 aliphatic carbocycles. The Morgan fingerprint density at radius 3 is 2.69 bits per heavy atom. The third-order valence-electron chi connectivity index (χ3n) is 2.24. The Kier molecular flexibility index (Phi) is 5.14. The lowest BCUT2D eigenvalue weighted by atomic mass is 10.1. The summed E-state index contributed by atoms with van der Waals surface area (Å²) in [7, 11) is 0. The smallest absolute Gasteiger partial charge is 0.235 e. The van der Waals surface area contributed by atoms with Gasteiger partial charge in [0.15, 0.2) is 0 Å². The molecule has 0 amide bonds. The van der Waals surface area contributed by atoms with Gasteiger partial charge in [0.2, 0.25) is 6.08 Å². The molecule has 0 aromatic rings. The highest BCUT2D eigenvalue weighted by molar-refractivity contribution is 5.33. The summed E-state index contributed by atoms with van der Waals surface area (Å²) in [6.45, 7) is 3.88. The van der Waals surface area contributed by atoms with E-state index in [1.807, 2.05) is 6.08 Å². The number of nitrogens with zero attached hydrogens (tertiary/aromatic N) is 2. The highest BCUT2D eigenvalue weighted by atomic mass is 16.1. The molecule has 0 bridgehead atoms. The van der Waals surface area contributed by atoms with Gasteiger partial charge in [-0.15, -0.1) is 0 Å². The van der Waals surface area contributed by atoms with Crippen molar-refractivity contribution < 1.29 is 4.79 Å². The standard InChI is InChI=1S/C10H16N2O/c13-10-11-6-2-5-9-12-7-3-1-4-8-12/h2,5H,1,3-4,6-9H2/b5-2-. The number of piperidine rings is 1. The van der Waals surface area contributed by atoms with Gasteiger partial charge in [-0.05, 0) is 25.9 Å². The molecule has 1 saturated heterocycles. The van der Waals surface area contributed by atoms with Crippen molar-refractivity contribution in [2.75, 3.05) is 26.2 Å². The van der Waals surface area contributed by atoms with Gasteiger partial charge in [0, 0.05) is 6.54 Å². The van der Waals surface area contributed by atoms with Crippen molar-refractivity contribution >= 4 is 6.08 Å². The van der Waals surface area contributed by atoms with Crippen LogP contribution in [0, 0.1) is 0 Å². The van der Waals surface area contributed by atoms with Crippen molar-refractivity contribution in [3.8, 4) is 0 Å². The molecule has 0 atom stereocenters. The number of hydrogen-bond donors (Lipinski definition) is 0. The lowest BCUT2D eigenvalue weighted by Gasteiger charge is -2.24. The second-order valence-electron chi connectivity index (χ2n) is 3.26. The predicted octanol–water partition coefficient (Wildman–Crippen LogP) is 1.36. The molecule has 1 aliphatic heterocycles. The van der Waals surface area contributed by atoms with Gasteiger partial charge in [-0.3, -0.25) is 4.90 Å². The molecule has 0 aromatic heterocycles. The lowest BCUT2D eigenvalue weighted by Crippen LogP contribution is -2.29. The molecule has 0 N–H and O–H groups in total. The monoisotopic (exact) mass is 180 g/mol. The van der Waals surface area contributed by atoms with Gasteiger partial charge in [0.25, 0.3) is 0 Å². The molecule has 72 valence electrons. The number of aliphatic imine (C=N–C) groups is 1. The second kappa shape index (κ2) is 6.58. The van der Waals surface area contributed by atoms with E-state index in [1.54, 1.807) is 0 Å². The second-order valence-corrected chi connectivity index (χ2v) is 3.26. The van der Waals surface area contributed by atoms with Gasteiger partial charge in [-0.1, -0.05) is 18.6 Å². The Balaban J connectivity index is 2.09. The van der Waals surface area contributed by atoms with Crippen molar-refractivity contribution in [2.24, 2.45) is 4.99 Å². The van der Waals surface area contributed by atoms with Crippen LogP contribution in [0.5, 0.6) is 0 Å². The molecule has 1 fully saturated rings. The minimum atomic E-state index is 0.470. The average Bonchev–Trinajstić information content (AvgIpc) is 2.19. The van der Waals surface area contributed by atoms with Crippen molar-refractivity contribution in [1.29, 1.82) is 0 Å². The Labute approximate surface area is 79.1 Å². The first kappa shape index (κ1) is 10.2. The SMILES string of the molecule is O=C=NC/C=C\CN1CCCCC1. The maximum Gasteiger partial charge on any atom is 0.235 e. The Morgan fingerprint density at radius 2 is 2.00 bits per heavy atom. The summed E-state index contributed by atoms with van der Waals surface area (Å²) in [5.74, 6) is 0. The molecule has 0 unspecified atom stereocenters. The number of likely N-dealkylation sites (tertiary alicyclic amines) is 1. The van der Waals surface area contributed by atoms with Crippen LogP contribution in [-0.2, 0) is 4.79 Å². The Bertz CT molecular complexity index is 201. The van der Waals surface area contributed by atoms with Crippen molar-refractivity contribution in [3.63, 3.8) is 0 Å². The van der Waals surface area contributed by atoms with E-state index in [0.717, 1.165) is 6.54 Å². The summed E-state index contributed by atoms with van der Waals surface area (Å²) in [5.41, 5.74) is 0. The third-order valence-corrected chi connectivity index (χ3v) is 2.24. The van der Waals surface area contributed by atoms with Crippen LogP contribution in [0.2, 0.25) is 0 Å². The molecule has 0 saturated carbocycles. The number of isocyanates is 1. The van der Waals surface area contributed by atoms with Gasteiger partial charge < -0.3 is 0 Å². The normalized spacial score (nSPS) is 18.8. The van der Waals surface area contributed by atoms with Crippen LogP contribution in [0.4, 0.5) is 0 Å². The largest absolute Gasteiger partial charge is 0.300 e. The van der Waals surface area contributed by atoms with Gasteiger partial charge in [-0.2, -0.15) is 0 Å². The van der Waals surface area contributed by atoms with E-state index in [1.165, 1.54) is 38.4 Å². The fourth-order valence-electron chi connectivity index (χ4n) is 1.53. The average molecular weight is 180 g/mol. The first-order chi connectivity index (χ1) is 6.43. The Hall–Kier alpha value is -0.920. The predicted molar refractivity (Wildman–Crippen MR) is 52.4 cm³/mol. The first-order valence-electron chi connectivity index (χ1n) is 4.84. The fourth-order valence-corrected chi connectivity index (χ4v) is 1.53. The van der Waals surface area contributed by atoms with Crippen molar-refractivity contribution in [1.82, 2.24) is 4.90 Å². The fraction of sp³-hybridized carbons (Fsp3) is 0.700. The molecule has 13 heavy (non-hydrogen) atoms. The highest BCUT2D eigenvalue weighted by Crippen LogP contribution is 2.07. The van der Waals surface area contributed by atoms with E-state index in [2.05, 4.69) is 16.0 Å². The summed E-state index contributed by atoms with van der Waals surface area (Å²) >= 11 is 0. The van der Waals surface area contributed by atoms with E-state index in [4.69, 9.17) is 0 Å². The third kappa shape index (κ3) is 4.61. The molecule has 1 rings (SSSR count). The van der Waals surface area contributed by atoms with Crippen LogP contribution in [0.3, 0.4) is 0 Å². The summed E-state index contributed by atoms with van der Waals surface area (Å²) in [5, 5.41) is 0. The van der Waals surface area contributed by atoms with Crippen molar-refractivity contribution in [2.45, 2.75) is 19.3 Å². The summed E-state index contributed by atoms with van der Waals surface area (Å²) < 4.78 is 0. The molecule has 0 aromatic carbocycles. The summed E-state index contributed by atoms with van der Waals surface area (Å²) in [4.78, 5) is 15.6. The maximum absolute atomic E-state index is 9.73. The first-order valence-corrected chi connectivity index (χ1v) is 4.84. The van der Waals surface area contributed by atoms with E-state index < -0.39 is 0 Å². The van der Waals surface area contributed by atoms with E-state index >= 15 is 0 Å². The minimum Gasteiger partial charge on any atom is -0.300 e. The van der Waals surface area contributed by atoms with Crippen LogP contribution in [0.15, 0.2) is 17.1 Å². The van der Waals surface area contributed by atoms with E-state index in [-0.39, 0.29) is 0 Å². The lowest BCUT2D eigenvalue weighted by molar-refractivity contribution is 0.251. The summed E-state index contributed by atoms with van der Waals surface area (Å²) in [6, 6.07) is 0. The maximum atomic E-state index is 9.73. The van der Waals surface area contributed by atoms with Gasteiger partial charge >= 0.3 is 0 Å². The molecule has 3 nitrogen and oxygen atoms in total. The van der Waals surface area contributed by atoms with E-state index in [9.17, 15) is 4.79 Å². The number of rotatable bonds is 4. The molecule has 0 radical (unpaired) electrons. The zero-order chi connectivity index (χ0) is 9.36. The van der Waals surface area contributed by atoms with Crippen LogP contribution < -0.4 is 0 Å². The molecule has 1 aliphatic rings. The van der Waals surface area contributed by atoms with Crippen molar-refractivity contribution in [3.05, 3.63) is 12.2 Å². The summed E-state index contributed by atoms with van der Waals surface area (Å²) in [6.07, 6.45) is 9.52. The zero-order valence-electron chi connectivity index (χ0n) is 7.91. The van der Waals surface area contributed by atoms with Crippen LogP contribution in [-0.4, -0.2) is 37.2 Å². The molecule has 3 heteroatoms.